The summed E-state index contributed by atoms with van der Waals surface area (Å²) >= 11 is 0. The predicted octanol–water partition coefficient (Wildman–Crippen LogP) is 2.05. The van der Waals surface area contributed by atoms with Gasteiger partial charge in [0.05, 0.1) is 20.6 Å². The van der Waals surface area contributed by atoms with Gasteiger partial charge in [0.2, 0.25) is 0 Å². The first kappa shape index (κ1) is 15.3. The van der Waals surface area contributed by atoms with Crippen molar-refractivity contribution in [1.29, 1.82) is 0 Å². The molecule has 0 unspecified atom stereocenters. The lowest BCUT2D eigenvalue weighted by molar-refractivity contribution is -0.890. The molecule has 2 N–H and O–H groups in total. The Balaban J connectivity index is 1.71. The number of carbonyl (C=O) groups is 1. The van der Waals surface area contributed by atoms with E-state index in [4.69, 9.17) is 4.42 Å². The van der Waals surface area contributed by atoms with Crippen molar-refractivity contribution in [3.63, 3.8) is 0 Å². The number of quaternary nitrogens is 1. The molecular weight excluding hydrogens is 288 g/mol. The molecule has 3 rings (SSSR count). The van der Waals surface area contributed by atoms with Gasteiger partial charge in [-0.1, -0.05) is 48.5 Å². The van der Waals surface area contributed by atoms with Crippen molar-refractivity contribution >= 4 is 16.9 Å². The molecule has 0 radical (unpaired) electrons. The van der Waals surface area contributed by atoms with Crippen LogP contribution in [0.2, 0.25) is 0 Å². The summed E-state index contributed by atoms with van der Waals surface area (Å²) in [4.78, 5) is 13.6. The molecule has 3 aromatic rings. The minimum atomic E-state index is -0.177. The van der Waals surface area contributed by atoms with Crippen LogP contribution in [0.15, 0.2) is 65.1 Å². The minimum Gasteiger partial charge on any atom is -0.451 e. The second kappa shape index (κ2) is 6.67. The lowest BCUT2D eigenvalue weighted by Crippen LogP contribution is -3.07. The summed E-state index contributed by atoms with van der Waals surface area (Å²) in [5.74, 6) is 0.176. The second-order valence-corrected chi connectivity index (χ2v) is 5.90. The molecule has 0 fully saturated rings. The van der Waals surface area contributed by atoms with Crippen LogP contribution in [0.4, 0.5) is 0 Å². The molecule has 0 saturated carbocycles. The molecule has 23 heavy (non-hydrogen) atoms. The fraction of sp³-hybridized carbons (Fsp3) is 0.211. The maximum Gasteiger partial charge on any atom is 0.287 e. The van der Waals surface area contributed by atoms with Gasteiger partial charge >= 0.3 is 0 Å². The zero-order valence-corrected chi connectivity index (χ0v) is 13.4. The molecule has 1 amide bonds. The summed E-state index contributed by atoms with van der Waals surface area (Å²) in [7, 11) is 4.18. The lowest BCUT2D eigenvalue weighted by atomic mass is 10.1. The molecule has 1 aromatic heterocycles. The van der Waals surface area contributed by atoms with Gasteiger partial charge in [0.1, 0.15) is 11.6 Å². The zero-order valence-electron chi connectivity index (χ0n) is 13.4. The summed E-state index contributed by atoms with van der Waals surface area (Å²) in [6.45, 7) is 0.558. The van der Waals surface area contributed by atoms with Crippen LogP contribution >= 0.6 is 0 Å². The van der Waals surface area contributed by atoms with Crippen LogP contribution in [0.3, 0.4) is 0 Å². The van der Waals surface area contributed by atoms with Crippen molar-refractivity contribution in [2.45, 2.75) is 6.04 Å². The van der Waals surface area contributed by atoms with Gasteiger partial charge in [0.15, 0.2) is 5.76 Å². The molecular formula is C19H21N2O2+. The highest BCUT2D eigenvalue weighted by Crippen LogP contribution is 2.18. The molecule has 0 aliphatic rings. The van der Waals surface area contributed by atoms with Gasteiger partial charge in [0.25, 0.3) is 5.91 Å². The molecule has 1 atom stereocenters. The summed E-state index contributed by atoms with van der Waals surface area (Å²) in [6, 6.07) is 19.8. The number of rotatable bonds is 5. The van der Waals surface area contributed by atoms with Crippen LogP contribution in [0.5, 0.6) is 0 Å². The predicted molar refractivity (Wildman–Crippen MR) is 90.5 cm³/mol. The number of amides is 1. The molecule has 2 aromatic carbocycles. The average molecular weight is 309 g/mol. The number of fused-ring (bicyclic) bond motifs is 1. The maximum absolute atomic E-state index is 12.4. The molecule has 1 heterocycles. The summed E-state index contributed by atoms with van der Waals surface area (Å²) < 4.78 is 5.61. The highest BCUT2D eigenvalue weighted by Gasteiger charge is 2.20. The molecule has 0 aliphatic heterocycles. The molecule has 0 bridgehead atoms. The van der Waals surface area contributed by atoms with E-state index in [0.29, 0.717) is 12.3 Å². The Morgan fingerprint density at radius 2 is 1.78 bits per heavy atom. The molecule has 118 valence electrons. The highest BCUT2D eigenvalue weighted by atomic mass is 16.3. The van der Waals surface area contributed by atoms with Gasteiger partial charge in [-0.2, -0.15) is 0 Å². The number of furan rings is 1. The van der Waals surface area contributed by atoms with Crippen molar-refractivity contribution in [3.05, 3.63) is 72.0 Å². The fourth-order valence-corrected chi connectivity index (χ4v) is 2.72. The van der Waals surface area contributed by atoms with Crippen LogP contribution in [0, 0.1) is 0 Å². The standard InChI is InChI=1S/C19H20N2O2/c1-21(2)16(14-8-4-3-5-9-14)13-20-19(22)18-12-15-10-6-7-11-17(15)23-18/h3-12,16H,13H2,1-2H3,(H,20,22)/p+1/t16-/m1/s1. The van der Waals surface area contributed by atoms with Crippen LogP contribution in [0.25, 0.3) is 11.0 Å². The van der Waals surface area contributed by atoms with Crippen LogP contribution in [0.1, 0.15) is 22.2 Å². The van der Waals surface area contributed by atoms with E-state index in [-0.39, 0.29) is 11.9 Å². The third-order valence-electron chi connectivity index (χ3n) is 4.01. The second-order valence-electron chi connectivity index (χ2n) is 5.90. The van der Waals surface area contributed by atoms with E-state index >= 15 is 0 Å². The largest absolute Gasteiger partial charge is 0.451 e. The first-order valence-corrected chi connectivity index (χ1v) is 7.77. The Hall–Kier alpha value is -2.59. The van der Waals surface area contributed by atoms with E-state index in [2.05, 4.69) is 31.5 Å². The SMILES string of the molecule is C[NH+](C)[C@H](CNC(=O)c1cc2ccccc2o1)c1ccccc1. The topological polar surface area (TPSA) is 46.7 Å². The Kier molecular flexibility index (Phi) is 4.44. The molecule has 0 saturated heterocycles. The zero-order chi connectivity index (χ0) is 16.2. The van der Waals surface area contributed by atoms with Gasteiger partial charge in [-0.25, -0.2) is 0 Å². The Morgan fingerprint density at radius 3 is 2.48 bits per heavy atom. The first-order chi connectivity index (χ1) is 11.1. The lowest BCUT2D eigenvalue weighted by Gasteiger charge is -2.21. The van der Waals surface area contributed by atoms with Crippen molar-refractivity contribution in [1.82, 2.24) is 5.32 Å². The minimum absolute atomic E-state index is 0.177. The highest BCUT2D eigenvalue weighted by molar-refractivity contribution is 5.96. The molecule has 4 heteroatoms. The van der Waals surface area contributed by atoms with Crippen molar-refractivity contribution in [2.24, 2.45) is 0 Å². The van der Waals surface area contributed by atoms with E-state index in [1.165, 1.54) is 10.5 Å². The van der Waals surface area contributed by atoms with Crippen molar-refractivity contribution < 1.29 is 14.1 Å². The van der Waals surface area contributed by atoms with E-state index in [9.17, 15) is 4.79 Å². The molecule has 0 aliphatic carbocycles. The van der Waals surface area contributed by atoms with Crippen LogP contribution in [-0.2, 0) is 0 Å². The Bertz CT molecular complexity index is 760. The first-order valence-electron chi connectivity index (χ1n) is 7.77. The third-order valence-corrected chi connectivity index (χ3v) is 4.01. The van der Waals surface area contributed by atoms with Gasteiger partial charge in [-0.05, 0) is 12.1 Å². The number of hydrogen-bond acceptors (Lipinski definition) is 2. The number of carbonyl (C=O) groups excluding carboxylic acids is 1. The van der Waals surface area contributed by atoms with E-state index < -0.39 is 0 Å². The van der Waals surface area contributed by atoms with Gasteiger partial charge in [-0.3, -0.25) is 4.79 Å². The number of likely N-dealkylation sites (N-methyl/N-ethyl adjacent to an activating group) is 1. The van der Waals surface area contributed by atoms with Crippen molar-refractivity contribution in [2.75, 3.05) is 20.6 Å². The van der Waals surface area contributed by atoms with Crippen LogP contribution in [-0.4, -0.2) is 26.5 Å². The van der Waals surface area contributed by atoms with E-state index in [1.54, 1.807) is 6.07 Å². The normalized spacial score (nSPS) is 12.5. The fourth-order valence-electron chi connectivity index (χ4n) is 2.72. The maximum atomic E-state index is 12.4. The average Bonchev–Trinajstić information content (AvgIpc) is 2.99. The number of nitrogens with one attached hydrogen (secondary N) is 2. The third kappa shape index (κ3) is 3.43. The number of benzene rings is 2. The number of hydrogen-bond donors (Lipinski definition) is 2. The Labute approximate surface area is 135 Å². The molecule has 4 nitrogen and oxygen atoms in total. The number of para-hydroxylation sites is 1. The van der Waals surface area contributed by atoms with Gasteiger partial charge in [-0.15, -0.1) is 0 Å². The summed E-state index contributed by atoms with van der Waals surface area (Å²) in [6.07, 6.45) is 0. The van der Waals surface area contributed by atoms with E-state index in [0.717, 1.165) is 11.0 Å². The summed E-state index contributed by atoms with van der Waals surface area (Å²) in [5, 5.41) is 3.93. The van der Waals surface area contributed by atoms with E-state index in [1.807, 2.05) is 42.5 Å². The van der Waals surface area contributed by atoms with Crippen molar-refractivity contribution in [3.8, 4) is 0 Å². The smallest absolute Gasteiger partial charge is 0.287 e. The molecule has 0 spiro atoms. The Morgan fingerprint density at radius 1 is 1.09 bits per heavy atom. The summed E-state index contributed by atoms with van der Waals surface area (Å²) in [5.41, 5.74) is 1.94. The van der Waals surface area contributed by atoms with Gasteiger partial charge < -0.3 is 14.6 Å². The van der Waals surface area contributed by atoms with Gasteiger partial charge in [0, 0.05) is 10.9 Å². The van der Waals surface area contributed by atoms with Crippen LogP contribution < -0.4 is 10.2 Å². The quantitative estimate of drug-likeness (QED) is 0.758. The monoisotopic (exact) mass is 309 g/mol.